The maximum atomic E-state index is 2.56. The number of rotatable bonds is 1. The van der Waals surface area contributed by atoms with Gasteiger partial charge in [0, 0.05) is 0 Å². The third-order valence-corrected chi connectivity index (χ3v) is 9.92. The van der Waals surface area contributed by atoms with Crippen molar-refractivity contribution in [3.05, 3.63) is 76.1 Å². The molecule has 0 spiro atoms. The van der Waals surface area contributed by atoms with Gasteiger partial charge in [-0.3, -0.25) is 0 Å². The molecule has 27 heavy (non-hydrogen) atoms. The van der Waals surface area contributed by atoms with E-state index >= 15 is 0 Å². The maximum Gasteiger partial charge on any atom is 0.242 e. The van der Waals surface area contributed by atoms with Crippen molar-refractivity contribution in [3.63, 3.8) is 0 Å². The first-order chi connectivity index (χ1) is 13.2. The number of benzene rings is 3. The molecule has 3 aromatic rings. The van der Waals surface area contributed by atoms with Crippen molar-refractivity contribution in [3.8, 4) is 11.1 Å². The van der Waals surface area contributed by atoms with Gasteiger partial charge in [-0.1, -0.05) is 91.8 Å². The molecule has 0 aliphatic carbocycles. The summed E-state index contributed by atoms with van der Waals surface area (Å²) in [6.07, 6.45) is 4.86. The average Bonchev–Trinajstić information content (AvgIpc) is 3.29. The summed E-state index contributed by atoms with van der Waals surface area (Å²) >= 11 is 0. The summed E-state index contributed by atoms with van der Waals surface area (Å²) in [5, 5.41) is 6.50. The Kier molecular flexibility index (Phi) is 3.23. The Labute approximate surface area is 165 Å². The first kappa shape index (κ1) is 15.7. The molecule has 0 N–H and O–H groups in total. The zero-order valence-electron chi connectivity index (χ0n) is 15.8. The van der Waals surface area contributed by atoms with Gasteiger partial charge in [0.15, 0.2) is 0 Å². The van der Waals surface area contributed by atoms with Gasteiger partial charge in [0.1, 0.15) is 0 Å². The molecule has 0 saturated heterocycles. The van der Waals surface area contributed by atoms with Gasteiger partial charge in [-0.25, -0.2) is 0 Å². The third kappa shape index (κ3) is 2.28. The highest BCUT2D eigenvalue weighted by atomic mass is 28.2. The second-order valence-corrected chi connectivity index (χ2v) is 12.9. The summed E-state index contributed by atoms with van der Waals surface area (Å²) in [6, 6.07) is 21.2. The Hall–Kier alpha value is -2.36. The zero-order chi connectivity index (χ0) is 18.1. The van der Waals surface area contributed by atoms with E-state index in [0.717, 1.165) is 0 Å². The molecule has 0 aromatic heterocycles. The summed E-state index contributed by atoms with van der Waals surface area (Å²) in [5.41, 5.74) is 10.4. The Bertz CT molecular complexity index is 1110. The largest absolute Gasteiger partial charge is 0.242 e. The van der Waals surface area contributed by atoms with Crippen molar-refractivity contribution >= 4 is 64.7 Å². The highest BCUT2D eigenvalue weighted by Gasteiger charge is 2.35. The summed E-state index contributed by atoms with van der Waals surface area (Å²) in [6.45, 7) is 5.02. The zero-order valence-corrected chi connectivity index (χ0v) is 18.7. The van der Waals surface area contributed by atoms with Crippen LogP contribution in [0.4, 0.5) is 0 Å². The molecule has 0 bridgehead atoms. The number of allylic oxidation sites excluding steroid dienone is 2. The van der Waals surface area contributed by atoms with Crippen LogP contribution in [0.15, 0.2) is 65.0 Å². The lowest BCUT2D eigenvalue weighted by Gasteiger charge is -2.13. The van der Waals surface area contributed by atoms with Crippen molar-refractivity contribution in [2.45, 2.75) is 13.8 Å². The van der Waals surface area contributed by atoms with Crippen LogP contribution in [0.5, 0.6) is 0 Å². The molecule has 3 heterocycles. The Morgan fingerprint density at radius 1 is 0.667 bits per heavy atom. The molecule has 0 unspecified atom stereocenters. The maximum absolute atomic E-state index is 2.56. The van der Waals surface area contributed by atoms with Crippen LogP contribution in [0.1, 0.15) is 25.0 Å². The predicted octanol–water partition coefficient (Wildman–Crippen LogP) is 0.520. The smallest absolute Gasteiger partial charge is 0.0850 e. The number of fused-ring (bicyclic) bond motifs is 5. The highest BCUT2D eigenvalue weighted by Crippen LogP contribution is 2.28. The van der Waals surface area contributed by atoms with Gasteiger partial charge in [0.2, 0.25) is 6.71 Å². The summed E-state index contributed by atoms with van der Waals surface area (Å²) < 4.78 is 0. The lowest BCUT2D eigenvalue weighted by atomic mass is 9.39. The van der Waals surface area contributed by atoms with Gasteiger partial charge in [0.25, 0.3) is 0 Å². The third-order valence-electron chi connectivity index (χ3n) is 6.41. The molecule has 0 fully saturated rings. The molecule has 0 saturated carbocycles. The molecule has 0 radical (unpaired) electrons. The Morgan fingerprint density at radius 2 is 1.19 bits per heavy atom. The van der Waals surface area contributed by atoms with Crippen molar-refractivity contribution in [1.82, 2.24) is 0 Å². The molecule has 0 amide bonds. The Balaban J connectivity index is 1.64. The van der Waals surface area contributed by atoms with Crippen LogP contribution >= 0.6 is 0 Å². The van der Waals surface area contributed by atoms with E-state index in [2.05, 4.69) is 80.6 Å². The molecule has 3 aliphatic rings. The fourth-order valence-electron chi connectivity index (χ4n) is 5.29. The summed E-state index contributed by atoms with van der Waals surface area (Å²) in [5.74, 6) is 0. The first-order valence-electron chi connectivity index (χ1n) is 9.91. The van der Waals surface area contributed by atoms with Gasteiger partial charge in [-0.15, -0.1) is 0 Å². The van der Waals surface area contributed by atoms with Crippen LogP contribution in [0.3, 0.4) is 0 Å². The lowest BCUT2D eigenvalue weighted by Crippen LogP contribution is -2.50. The van der Waals surface area contributed by atoms with Crippen LogP contribution in [0.25, 0.3) is 23.3 Å². The molecule has 128 valence electrons. The van der Waals surface area contributed by atoms with Gasteiger partial charge in [-0.05, 0) is 48.2 Å². The van der Waals surface area contributed by atoms with Crippen molar-refractivity contribution < 1.29 is 0 Å². The predicted molar refractivity (Wildman–Crippen MR) is 127 cm³/mol. The van der Waals surface area contributed by atoms with Crippen LogP contribution in [-0.2, 0) is 0 Å². The van der Waals surface area contributed by atoms with Crippen LogP contribution in [0, 0.1) is 0 Å². The van der Waals surface area contributed by atoms with Gasteiger partial charge in [0.05, 0.1) is 19.0 Å². The second kappa shape index (κ2) is 5.57. The lowest BCUT2D eigenvalue weighted by molar-refractivity contribution is 1.69. The second-order valence-electron chi connectivity index (χ2n) is 8.46. The number of hydrogen-bond donors (Lipinski definition) is 0. The highest BCUT2D eigenvalue weighted by molar-refractivity contribution is 6.99. The molecular weight excluding hydrogens is 355 g/mol. The quantitative estimate of drug-likeness (QED) is 0.425. The van der Waals surface area contributed by atoms with Crippen LogP contribution in [-0.4, -0.2) is 25.8 Å². The normalized spacial score (nSPS) is 17.6. The Morgan fingerprint density at radius 3 is 1.70 bits per heavy atom. The fraction of sp³-hybridized carbons (Fsp3) is 0.0833. The fourth-order valence-corrected chi connectivity index (χ4v) is 8.59. The van der Waals surface area contributed by atoms with Crippen molar-refractivity contribution in [1.29, 1.82) is 0 Å². The van der Waals surface area contributed by atoms with E-state index in [1.807, 2.05) is 0 Å². The monoisotopic (exact) mass is 376 g/mol. The van der Waals surface area contributed by atoms with Crippen molar-refractivity contribution in [2.24, 2.45) is 0 Å². The SMILES string of the molecule is CC1=Cc2cc3c(cc2[SiH2]1)B(c1ccccc1)c1cc2c(cc1-3)C=C(C)[SiH2]2. The standard InChI is InChI=1S/C24H21BSi2/c1-14-8-16-10-19-20-11-17-9-15(2)27-24(17)13-22(20)25(18-6-4-3-5-7-18)21(19)12-23(16)26-14/h3-13H,26-27H2,1-2H3. The van der Waals surface area contributed by atoms with E-state index in [4.69, 9.17) is 0 Å². The molecule has 0 nitrogen and oxygen atoms in total. The molecule has 3 aromatic carbocycles. The van der Waals surface area contributed by atoms with E-state index in [-0.39, 0.29) is 19.0 Å². The van der Waals surface area contributed by atoms with Crippen molar-refractivity contribution in [2.75, 3.05) is 0 Å². The first-order valence-corrected chi connectivity index (χ1v) is 12.7. The van der Waals surface area contributed by atoms with Gasteiger partial charge >= 0.3 is 0 Å². The van der Waals surface area contributed by atoms with Crippen LogP contribution < -0.4 is 26.8 Å². The van der Waals surface area contributed by atoms with E-state index in [1.54, 1.807) is 20.8 Å². The van der Waals surface area contributed by atoms with E-state index in [1.165, 1.54) is 38.6 Å². The minimum atomic E-state index is -0.248. The summed E-state index contributed by atoms with van der Waals surface area (Å²) in [4.78, 5) is 0. The van der Waals surface area contributed by atoms with E-state index in [0.29, 0.717) is 6.71 Å². The summed E-state index contributed by atoms with van der Waals surface area (Å²) in [7, 11) is -0.496. The number of hydrogen-bond acceptors (Lipinski definition) is 0. The molecule has 3 heteroatoms. The topological polar surface area (TPSA) is 0 Å². The van der Waals surface area contributed by atoms with Gasteiger partial charge < -0.3 is 0 Å². The van der Waals surface area contributed by atoms with E-state index < -0.39 is 0 Å². The molecular formula is C24H21BSi2. The molecule has 3 aliphatic heterocycles. The average molecular weight is 376 g/mol. The van der Waals surface area contributed by atoms with Crippen LogP contribution in [0.2, 0.25) is 0 Å². The van der Waals surface area contributed by atoms with Gasteiger partial charge in [-0.2, -0.15) is 0 Å². The molecule has 6 rings (SSSR count). The minimum absolute atomic E-state index is 0.248. The molecule has 0 atom stereocenters. The van der Waals surface area contributed by atoms with E-state index in [9.17, 15) is 0 Å². The minimum Gasteiger partial charge on any atom is -0.0850 e.